The highest BCUT2D eigenvalue weighted by atomic mass is 15.4. The van der Waals surface area contributed by atoms with E-state index in [9.17, 15) is 0 Å². The predicted octanol–water partition coefficient (Wildman–Crippen LogP) is 1.90. The van der Waals surface area contributed by atoms with Crippen molar-refractivity contribution in [2.24, 2.45) is 5.84 Å². The standard InChI is InChI=1S/C10H14N2/c1-2-8-12(11)9-10-6-4-3-5-7-10/h2-8H,9,11H2,1H3/b8-2-. The van der Waals surface area contributed by atoms with Gasteiger partial charge >= 0.3 is 0 Å². The van der Waals surface area contributed by atoms with Crippen LogP contribution in [-0.4, -0.2) is 5.01 Å². The average molecular weight is 162 g/mol. The summed E-state index contributed by atoms with van der Waals surface area (Å²) in [6.45, 7) is 2.70. The molecule has 0 aromatic heterocycles. The first kappa shape index (κ1) is 8.81. The monoisotopic (exact) mass is 162 g/mol. The number of nitrogens with zero attached hydrogens (tertiary/aromatic N) is 1. The molecule has 2 N–H and O–H groups in total. The molecule has 0 saturated heterocycles. The first-order valence-corrected chi connectivity index (χ1v) is 4.01. The van der Waals surface area contributed by atoms with Crippen molar-refractivity contribution in [2.45, 2.75) is 13.5 Å². The smallest absolute Gasteiger partial charge is 0.0585 e. The lowest BCUT2D eigenvalue weighted by molar-refractivity contribution is 0.386. The van der Waals surface area contributed by atoms with Crippen molar-refractivity contribution in [2.75, 3.05) is 0 Å². The molecule has 0 fully saturated rings. The van der Waals surface area contributed by atoms with Crippen molar-refractivity contribution in [3.05, 3.63) is 48.2 Å². The molecule has 0 radical (unpaired) electrons. The summed E-state index contributed by atoms with van der Waals surface area (Å²) >= 11 is 0. The predicted molar refractivity (Wildman–Crippen MR) is 51.0 cm³/mol. The zero-order valence-corrected chi connectivity index (χ0v) is 7.27. The molecule has 0 bridgehead atoms. The molecule has 0 unspecified atom stereocenters. The lowest BCUT2D eigenvalue weighted by Crippen LogP contribution is -2.23. The third-order valence-corrected chi connectivity index (χ3v) is 1.55. The van der Waals surface area contributed by atoms with Gasteiger partial charge in [0.05, 0.1) is 6.54 Å². The second kappa shape index (κ2) is 4.57. The third-order valence-electron chi connectivity index (χ3n) is 1.55. The van der Waals surface area contributed by atoms with Crippen molar-refractivity contribution in [1.82, 2.24) is 5.01 Å². The van der Waals surface area contributed by atoms with Gasteiger partial charge < -0.3 is 5.01 Å². The molecule has 0 spiro atoms. The summed E-state index contributed by atoms with van der Waals surface area (Å²) in [5, 5.41) is 1.66. The molecular formula is C10H14N2. The van der Waals surface area contributed by atoms with Crippen molar-refractivity contribution >= 4 is 0 Å². The zero-order chi connectivity index (χ0) is 8.81. The molecule has 12 heavy (non-hydrogen) atoms. The molecular weight excluding hydrogens is 148 g/mol. The highest BCUT2D eigenvalue weighted by Gasteiger charge is 1.92. The van der Waals surface area contributed by atoms with E-state index in [2.05, 4.69) is 12.1 Å². The molecule has 0 aliphatic heterocycles. The van der Waals surface area contributed by atoms with Crippen LogP contribution in [0.3, 0.4) is 0 Å². The number of benzene rings is 1. The van der Waals surface area contributed by atoms with Gasteiger partial charge in [0.2, 0.25) is 0 Å². The SMILES string of the molecule is C/C=C\N(N)Cc1ccccc1. The van der Waals surface area contributed by atoms with E-state index < -0.39 is 0 Å². The van der Waals surface area contributed by atoms with Crippen LogP contribution >= 0.6 is 0 Å². The molecule has 64 valence electrons. The van der Waals surface area contributed by atoms with Gasteiger partial charge in [-0.05, 0) is 12.5 Å². The molecule has 1 aromatic carbocycles. The fourth-order valence-electron chi connectivity index (χ4n) is 1.04. The first-order chi connectivity index (χ1) is 5.83. The van der Waals surface area contributed by atoms with Gasteiger partial charge in [-0.1, -0.05) is 36.4 Å². The van der Waals surface area contributed by atoms with Gasteiger partial charge in [-0.15, -0.1) is 0 Å². The molecule has 1 aromatic rings. The topological polar surface area (TPSA) is 29.3 Å². The van der Waals surface area contributed by atoms with Crippen LogP contribution in [0.1, 0.15) is 12.5 Å². The Morgan fingerprint density at radius 2 is 2.00 bits per heavy atom. The van der Waals surface area contributed by atoms with Gasteiger partial charge in [0, 0.05) is 6.20 Å². The van der Waals surface area contributed by atoms with Crippen molar-refractivity contribution in [3.8, 4) is 0 Å². The lowest BCUT2D eigenvalue weighted by Gasteiger charge is -2.12. The van der Waals surface area contributed by atoms with Crippen LogP contribution in [0, 0.1) is 0 Å². The maximum atomic E-state index is 5.66. The summed E-state index contributed by atoms with van der Waals surface area (Å²) in [5.74, 6) is 5.66. The number of hydrazine groups is 1. The zero-order valence-electron chi connectivity index (χ0n) is 7.27. The molecule has 0 aliphatic carbocycles. The first-order valence-electron chi connectivity index (χ1n) is 4.01. The molecule has 0 aliphatic rings. The van der Waals surface area contributed by atoms with E-state index in [1.165, 1.54) is 5.56 Å². The Labute approximate surface area is 73.3 Å². The lowest BCUT2D eigenvalue weighted by atomic mass is 10.2. The molecule has 0 atom stereocenters. The summed E-state index contributed by atoms with van der Waals surface area (Å²) in [6.07, 6.45) is 3.77. The Hall–Kier alpha value is -1.28. The molecule has 2 heteroatoms. The van der Waals surface area contributed by atoms with E-state index in [0.29, 0.717) is 0 Å². The van der Waals surface area contributed by atoms with Gasteiger partial charge in [0.15, 0.2) is 0 Å². The molecule has 0 amide bonds. The number of nitrogens with two attached hydrogens (primary N) is 1. The van der Waals surface area contributed by atoms with Crippen molar-refractivity contribution < 1.29 is 0 Å². The van der Waals surface area contributed by atoms with Gasteiger partial charge in [0.25, 0.3) is 0 Å². The van der Waals surface area contributed by atoms with Gasteiger partial charge in [-0.3, -0.25) is 0 Å². The Morgan fingerprint density at radius 1 is 1.33 bits per heavy atom. The van der Waals surface area contributed by atoms with Crippen molar-refractivity contribution in [1.29, 1.82) is 0 Å². The third kappa shape index (κ3) is 2.76. The van der Waals surface area contributed by atoms with E-state index in [1.807, 2.05) is 37.4 Å². The minimum Gasteiger partial charge on any atom is -0.314 e. The maximum Gasteiger partial charge on any atom is 0.0585 e. The van der Waals surface area contributed by atoms with E-state index in [1.54, 1.807) is 5.01 Å². The minimum atomic E-state index is 0.755. The summed E-state index contributed by atoms with van der Waals surface area (Å²) in [6, 6.07) is 10.1. The highest BCUT2D eigenvalue weighted by Crippen LogP contribution is 2.00. The molecule has 0 saturated carbocycles. The quantitative estimate of drug-likeness (QED) is 0.543. The van der Waals surface area contributed by atoms with E-state index in [4.69, 9.17) is 5.84 Å². The summed E-state index contributed by atoms with van der Waals surface area (Å²) in [5.41, 5.74) is 1.22. The van der Waals surface area contributed by atoms with E-state index >= 15 is 0 Å². The van der Waals surface area contributed by atoms with Crippen LogP contribution in [0.5, 0.6) is 0 Å². The number of hydrogen-bond donors (Lipinski definition) is 1. The minimum absolute atomic E-state index is 0.755. The summed E-state index contributed by atoms with van der Waals surface area (Å²) < 4.78 is 0. The van der Waals surface area contributed by atoms with Crippen LogP contribution in [-0.2, 0) is 6.54 Å². The van der Waals surface area contributed by atoms with Crippen LogP contribution in [0.2, 0.25) is 0 Å². The Kier molecular flexibility index (Phi) is 3.35. The normalized spacial score (nSPS) is 10.5. The average Bonchev–Trinajstić information content (AvgIpc) is 2.06. The summed E-state index contributed by atoms with van der Waals surface area (Å²) in [7, 11) is 0. The van der Waals surface area contributed by atoms with E-state index in [0.717, 1.165) is 6.54 Å². The fourth-order valence-corrected chi connectivity index (χ4v) is 1.04. The van der Waals surface area contributed by atoms with Gasteiger partial charge in [-0.25, -0.2) is 5.84 Å². The maximum absolute atomic E-state index is 5.66. The number of hydrogen-bond acceptors (Lipinski definition) is 2. The van der Waals surface area contributed by atoms with Gasteiger partial charge in [0.1, 0.15) is 0 Å². The highest BCUT2D eigenvalue weighted by molar-refractivity contribution is 5.14. The fraction of sp³-hybridized carbons (Fsp3) is 0.200. The van der Waals surface area contributed by atoms with Gasteiger partial charge in [-0.2, -0.15) is 0 Å². The largest absolute Gasteiger partial charge is 0.314 e. The van der Waals surface area contributed by atoms with Crippen LogP contribution in [0.25, 0.3) is 0 Å². The van der Waals surface area contributed by atoms with E-state index in [-0.39, 0.29) is 0 Å². The summed E-state index contributed by atoms with van der Waals surface area (Å²) in [4.78, 5) is 0. The molecule has 1 rings (SSSR count). The molecule has 2 nitrogen and oxygen atoms in total. The van der Waals surface area contributed by atoms with Crippen LogP contribution in [0.15, 0.2) is 42.6 Å². The second-order valence-corrected chi connectivity index (χ2v) is 2.64. The molecule has 0 heterocycles. The number of rotatable bonds is 3. The number of allylic oxidation sites excluding steroid dienone is 1. The Balaban J connectivity index is 2.52. The Bertz CT molecular complexity index is 241. The van der Waals surface area contributed by atoms with Crippen LogP contribution in [0.4, 0.5) is 0 Å². The Morgan fingerprint density at radius 3 is 2.58 bits per heavy atom. The second-order valence-electron chi connectivity index (χ2n) is 2.64. The van der Waals surface area contributed by atoms with Crippen molar-refractivity contribution in [3.63, 3.8) is 0 Å². The van der Waals surface area contributed by atoms with Crippen LogP contribution < -0.4 is 5.84 Å².